The van der Waals surface area contributed by atoms with Gasteiger partial charge in [-0.25, -0.2) is 4.98 Å². The Bertz CT molecular complexity index is 290. The molecule has 1 aromatic rings. The van der Waals surface area contributed by atoms with Crippen LogP contribution in [0.1, 0.15) is 29.1 Å². The number of hydrogen-bond donors (Lipinski definition) is 1. The lowest BCUT2D eigenvalue weighted by molar-refractivity contribution is 0.745. The Morgan fingerprint density at radius 2 is 2.57 bits per heavy atom. The first-order valence-corrected chi connectivity index (χ1v) is 7.00. The maximum absolute atomic E-state index is 5.76. The third kappa shape index (κ3) is 2.49. The third-order valence-corrected chi connectivity index (χ3v) is 4.72. The zero-order valence-electron chi connectivity index (χ0n) is 8.40. The molecule has 0 aliphatic carbocycles. The van der Waals surface area contributed by atoms with Crippen LogP contribution in [0.25, 0.3) is 0 Å². The minimum atomic E-state index is 0.251. The average molecular weight is 228 g/mol. The Hall–Kier alpha value is -0.0600. The van der Waals surface area contributed by atoms with Crippen molar-refractivity contribution in [2.24, 2.45) is 5.73 Å². The lowest BCUT2D eigenvalue weighted by Crippen LogP contribution is -2.16. The van der Waals surface area contributed by atoms with Crippen LogP contribution in [0.5, 0.6) is 0 Å². The molecule has 2 N–H and O–H groups in total. The van der Waals surface area contributed by atoms with Gasteiger partial charge in [0.15, 0.2) is 0 Å². The Kier molecular flexibility index (Phi) is 3.47. The van der Waals surface area contributed by atoms with Crippen molar-refractivity contribution in [3.8, 4) is 0 Å². The highest BCUT2D eigenvalue weighted by Crippen LogP contribution is 2.34. The van der Waals surface area contributed by atoms with Crippen molar-refractivity contribution in [1.82, 2.24) is 4.98 Å². The Balaban J connectivity index is 2.01. The van der Waals surface area contributed by atoms with Gasteiger partial charge in [0, 0.05) is 28.8 Å². The molecule has 2 atom stereocenters. The monoisotopic (exact) mass is 228 g/mol. The number of nitrogens with two attached hydrogens (primary N) is 1. The van der Waals surface area contributed by atoms with Gasteiger partial charge in [0.1, 0.15) is 0 Å². The highest BCUT2D eigenvalue weighted by molar-refractivity contribution is 7.99. The van der Waals surface area contributed by atoms with E-state index in [2.05, 4.69) is 4.98 Å². The lowest BCUT2D eigenvalue weighted by Gasteiger charge is -2.02. The van der Waals surface area contributed by atoms with Crippen LogP contribution >= 0.6 is 23.1 Å². The molecule has 2 rings (SSSR count). The Labute approximate surface area is 93.3 Å². The van der Waals surface area contributed by atoms with E-state index in [0.29, 0.717) is 5.92 Å². The summed E-state index contributed by atoms with van der Waals surface area (Å²) in [6.07, 6.45) is 4.28. The molecule has 2 heterocycles. The van der Waals surface area contributed by atoms with E-state index < -0.39 is 0 Å². The number of nitrogens with zero attached hydrogens (tertiary/aromatic N) is 1. The van der Waals surface area contributed by atoms with E-state index in [1.54, 1.807) is 0 Å². The fraction of sp³-hybridized carbons (Fsp3) is 0.700. The fourth-order valence-corrected chi connectivity index (χ4v) is 4.18. The second-order valence-electron chi connectivity index (χ2n) is 3.91. The van der Waals surface area contributed by atoms with Crippen LogP contribution < -0.4 is 5.73 Å². The topological polar surface area (TPSA) is 38.9 Å². The SMILES string of the molecule is CC(N)Cc1cnc(C2CCSC2)s1. The molecule has 1 aliphatic rings. The molecule has 1 saturated heterocycles. The number of hydrogen-bond acceptors (Lipinski definition) is 4. The van der Waals surface area contributed by atoms with Crippen LogP contribution in [0.3, 0.4) is 0 Å². The van der Waals surface area contributed by atoms with Gasteiger partial charge in [-0.2, -0.15) is 11.8 Å². The number of rotatable bonds is 3. The highest BCUT2D eigenvalue weighted by atomic mass is 32.2. The van der Waals surface area contributed by atoms with Crippen LogP contribution in [-0.4, -0.2) is 22.5 Å². The summed E-state index contributed by atoms with van der Waals surface area (Å²) in [5.74, 6) is 3.27. The van der Waals surface area contributed by atoms with Crippen LogP contribution in [0, 0.1) is 0 Å². The molecule has 78 valence electrons. The zero-order chi connectivity index (χ0) is 9.97. The van der Waals surface area contributed by atoms with E-state index in [1.165, 1.54) is 27.8 Å². The Morgan fingerprint density at radius 1 is 1.71 bits per heavy atom. The van der Waals surface area contributed by atoms with Crippen LogP contribution in [0.2, 0.25) is 0 Å². The van der Waals surface area contributed by atoms with Gasteiger partial charge in [0.25, 0.3) is 0 Å². The predicted molar refractivity (Wildman–Crippen MR) is 64.2 cm³/mol. The second-order valence-corrected chi connectivity index (χ2v) is 6.20. The van der Waals surface area contributed by atoms with Gasteiger partial charge < -0.3 is 5.73 Å². The van der Waals surface area contributed by atoms with Crippen molar-refractivity contribution in [2.75, 3.05) is 11.5 Å². The molecule has 4 heteroatoms. The first kappa shape index (κ1) is 10.5. The molecule has 0 radical (unpaired) electrons. The maximum atomic E-state index is 5.76. The van der Waals surface area contributed by atoms with Crippen molar-refractivity contribution in [3.05, 3.63) is 16.1 Å². The molecule has 14 heavy (non-hydrogen) atoms. The van der Waals surface area contributed by atoms with E-state index in [9.17, 15) is 0 Å². The summed E-state index contributed by atoms with van der Waals surface area (Å²) in [6, 6.07) is 0.251. The minimum absolute atomic E-state index is 0.251. The van der Waals surface area contributed by atoms with Gasteiger partial charge in [-0.15, -0.1) is 11.3 Å². The van der Waals surface area contributed by atoms with Gasteiger partial charge in [0.05, 0.1) is 5.01 Å². The number of thiazole rings is 1. The standard InChI is InChI=1S/C10H16N2S2/c1-7(11)4-9-5-12-10(14-9)8-2-3-13-6-8/h5,7-8H,2-4,6,11H2,1H3. The van der Waals surface area contributed by atoms with Gasteiger partial charge in [0.2, 0.25) is 0 Å². The second kappa shape index (κ2) is 4.64. The molecule has 0 spiro atoms. The van der Waals surface area contributed by atoms with Crippen LogP contribution in [0.4, 0.5) is 0 Å². The van der Waals surface area contributed by atoms with Gasteiger partial charge in [-0.3, -0.25) is 0 Å². The zero-order valence-corrected chi connectivity index (χ0v) is 10.0. The molecular formula is C10H16N2S2. The van der Waals surface area contributed by atoms with Crippen LogP contribution in [0.15, 0.2) is 6.20 Å². The summed E-state index contributed by atoms with van der Waals surface area (Å²) >= 11 is 3.90. The van der Waals surface area contributed by atoms with Crippen molar-refractivity contribution in [2.45, 2.75) is 31.7 Å². The van der Waals surface area contributed by atoms with Crippen LogP contribution in [-0.2, 0) is 6.42 Å². The first-order valence-electron chi connectivity index (χ1n) is 5.03. The van der Waals surface area contributed by atoms with Crippen molar-refractivity contribution < 1.29 is 0 Å². The normalized spacial score (nSPS) is 24.0. The van der Waals surface area contributed by atoms with E-state index in [1.807, 2.05) is 36.2 Å². The third-order valence-electron chi connectivity index (χ3n) is 2.37. The predicted octanol–water partition coefficient (Wildman–Crippen LogP) is 2.25. The molecule has 1 aromatic heterocycles. The highest BCUT2D eigenvalue weighted by Gasteiger charge is 2.20. The van der Waals surface area contributed by atoms with E-state index >= 15 is 0 Å². The van der Waals surface area contributed by atoms with Crippen molar-refractivity contribution in [1.29, 1.82) is 0 Å². The number of thioether (sulfide) groups is 1. The average Bonchev–Trinajstić information content (AvgIpc) is 2.69. The Morgan fingerprint density at radius 3 is 3.21 bits per heavy atom. The summed E-state index contributed by atoms with van der Waals surface area (Å²) < 4.78 is 0. The van der Waals surface area contributed by atoms with E-state index in [0.717, 1.165) is 6.42 Å². The molecule has 0 amide bonds. The maximum Gasteiger partial charge on any atom is 0.0967 e. The molecule has 0 bridgehead atoms. The number of aromatic nitrogens is 1. The summed E-state index contributed by atoms with van der Waals surface area (Å²) in [6.45, 7) is 2.05. The molecule has 2 nitrogen and oxygen atoms in total. The molecular weight excluding hydrogens is 212 g/mol. The molecule has 1 fully saturated rings. The lowest BCUT2D eigenvalue weighted by atomic mass is 10.1. The molecule has 0 saturated carbocycles. The first-order chi connectivity index (χ1) is 6.75. The smallest absolute Gasteiger partial charge is 0.0967 e. The van der Waals surface area contributed by atoms with Gasteiger partial charge in [-0.05, 0) is 25.5 Å². The van der Waals surface area contributed by atoms with Crippen molar-refractivity contribution >= 4 is 23.1 Å². The van der Waals surface area contributed by atoms with Crippen molar-refractivity contribution in [3.63, 3.8) is 0 Å². The summed E-state index contributed by atoms with van der Waals surface area (Å²) in [4.78, 5) is 5.84. The fourth-order valence-electron chi connectivity index (χ4n) is 1.65. The van der Waals surface area contributed by atoms with Gasteiger partial charge >= 0.3 is 0 Å². The molecule has 0 aromatic carbocycles. The largest absolute Gasteiger partial charge is 0.328 e. The minimum Gasteiger partial charge on any atom is -0.328 e. The summed E-state index contributed by atoms with van der Waals surface area (Å²) in [7, 11) is 0. The molecule has 2 unspecified atom stereocenters. The summed E-state index contributed by atoms with van der Waals surface area (Å²) in [5.41, 5.74) is 5.76. The summed E-state index contributed by atoms with van der Waals surface area (Å²) in [5, 5.41) is 1.32. The van der Waals surface area contributed by atoms with Gasteiger partial charge in [-0.1, -0.05) is 0 Å². The quantitative estimate of drug-likeness (QED) is 0.862. The molecule has 1 aliphatic heterocycles. The van der Waals surface area contributed by atoms with E-state index in [4.69, 9.17) is 5.73 Å². The van der Waals surface area contributed by atoms with E-state index in [-0.39, 0.29) is 6.04 Å².